The summed E-state index contributed by atoms with van der Waals surface area (Å²) in [5, 5.41) is 6.33. The molecule has 1 rings (SSSR count). The smallest absolute Gasteiger partial charge is 0.409 e. The molecule has 1 heterocycles. The van der Waals surface area contributed by atoms with Gasteiger partial charge in [0.25, 0.3) is 0 Å². The molecule has 0 bridgehead atoms. The van der Waals surface area contributed by atoms with Crippen LogP contribution in [0.15, 0.2) is 12.2 Å². The zero-order chi connectivity index (χ0) is 25.4. The van der Waals surface area contributed by atoms with Gasteiger partial charge in [-0.05, 0) is 39.8 Å². The molecular weight excluding hydrogens is 428 g/mol. The molecule has 0 radical (unpaired) electrons. The average molecular weight is 469 g/mol. The monoisotopic (exact) mass is 468 g/mol. The second-order valence-corrected chi connectivity index (χ2v) is 9.60. The lowest BCUT2D eigenvalue weighted by molar-refractivity contribution is -0.129. The fraction of sp³-hybridized carbons (Fsp3) is 0.739. The van der Waals surface area contributed by atoms with E-state index in [2.05, 4.69) is 10.6 Å². The number of ether oxygens (including phenoxy) is 2. The van der Waals surface area contributed by atoms with E-state index < -0.39 is 23.3 Å². The van der Waals surface area contributed by atoms with E-state index in [4.69, 9.17) is 9.47 Å². The Bertz CT molecular complexity index is 753. The van der Waals surface area contributed by atoms with Gasteiger partial charge in [0.15, 0.2) is 11.6 Å². The minimum atomic E-state index is -1.18. The van der Waals surface area contributed by atoms with Gasteiger partial charge in [-0.1, -0.05) is 13.8 Å². The summed E-state index contributed by atoms with van der Waals surface area (Å²) in [4.78, 5) is 53.8. The van der Waals surface area contributed by atoms with Crippen molar-refractivity contribution < 1.29 is 28.7 Å². The quantitative estimate of drug-likeness (QED) is 0.598. The lowest BCUT2D eigenvalue weighted by Gasteiger charge is -2.38. The molecule has 1 aliphatic heterocycles. The van der Waals surface area contributed by atoms with Crippen LogP contribution in [0.25, 0.3) is 0 Å². The summed E-state index contributed by atoms with van der Waals surface area (Å²) in [6, 6.07) is -0.0370. The van der Waals surface area contributed by atoms with Crippen LogP contribution in [-0.2, 0) is 19.1 Å². The highest BCUT2D eigenvalue weighted by Gasteiger charge is 2.41. The van der Waals surface area contributed by atoms with Gasteiger partial charge >= 0.3 is 12.2 Å². The summed E-state index contributed by atoms with van der Waals surface area (Å²) in [7, 11) is 3.10. The van der Waals surface area contributed by atoms with Crippen molar-refractivity contribution in [3.05, 3.63) is 12.2 Å². The Morgan fingerprint density at radius 1 is 0.970 bits per heavy atom. The van der Waals surface area contributed by atoms with E-state index in [-0.39, 0.29) is 56.4 Å². The number of hydrogen-bond acceptors (Lipinski definition) is 8. The van der Waals surface area contributed by atoms with Crippen molar-refractivity contribution >= 4 is 23.8 Å². The Kier molecular flexibility index (Phi) is 10.5. The lowest BCUT2D eigenvalue weighted by Crippen LogP contribution is -2.64. The van der Waals surface area contributed by atoms with Gasteiger partial charge in [-0.15, -0.1) is 0 Å². The fourth-order valence-electron chi connectivity index (χ4n) is 3.85. The van der Waals surface area contributed by atoms with Crippen molar-refractivity contribution in [1.82, 2.24) is 20.4 Å². The zero-order valence-corrected chi connectivity index (χ0v) is 21.2. The standard InChI is InChI=1S/C23H40N4O6/c1-16(2)19(29)23(6)15-27(8)21(31)33-12-10-9-11-32-20(30)26(7)14-22(5,25-17(3)4)18(28)13-24-23/h9-10,16-17,24-25H,11-15H2,1-8H3/b10-9+/t22-,23-/m1/s1. The van der Waals surface area contributed by atoms with Gasteiger partial charge < -0.3 is 24.6 Å². The third kappa shape index (κ3) is 8.43. The molecule has 188 valence electrons. The number of rotatable bonds is 4. The molecule has 2 atom stereocenters. The van der Waals surface area contributed by atoms with Gasteiger partial charge in [0.05, 0.1) is 17.6 Å². The van der Waals surface area contributed by atoms with E-state index >= 15 is 0 Å². The zero-order valence-electron chi connectivity index (χ0n) is 21.2. The number of cyclic esters (lactones) is 2. The maximum atomic E-state index is 13.4. The summed E-state index contributed by atoms with van der Waals surface area (Å²) in [5.74, 6) is -0.680. The number of nitrogens with zero attached hydrogens (tertiary/aromatic N) is 2. The van der Waals surface area contributed by atoms with E-state index in [1.807, 2.05) is 13.8 Å². The first kappa shape index (κ1) is 28.6. The third-order valence-electron chi connectivity index (χ3n) is 5.43. The minimum Gasteiger partial charge on any atom is -0.445 e. The topological polar surface area (TPSA) is 117 Å². The largest absolute Gasteiger partial charge is 0.445 e. The molecule has 0 unspecified atom stereocenters. The summed E-state index contributed by atoms with van der Waals surface area (Å²) in [5.41, 5.74) is -2.27. The molecular formula is C23H40N4O6. The molecule has 0 aromatic carbocycles. The lowest BCUT2D eigenvalue weighted by atomic mass is 9.87. The maximum absolute atomic E-state index is 13.4. The van der Waals surface area contributed by atoms with E-state index in [1.165, 1.54) is 16.8 Å². The Balaban J connectivity index is 3.30. The first-order chi connectivity index (χ1) is 15.2. The van der Waals surface area contributed by atoms with E-state index in [1.54, 1.807) is 46.9 Å². The van der Waals surface area contributed by atoms with Crippen LogP contribution in [0.5, 0.6) is 0 Å². The molecule has 0 fully saturated rings. The van der Waals surface area contributed by atoms with Crippen molar-refractivity contribution in [3.63, 3.8) is 0 Å². The Morgan fingerprint density at radius 3 is 1.91 bits per heavy atom. The van der Waals surface area contributed by atoms with Crippen molar-refractivity contribution in [2.24, 2.45) is 5.92 Å². The number of Topliss-reactive ketones (excluding diaryl/α,β-unsaturated/α-hetero) is 2. The first-order valence-corrected chi connectivity index (χ1v) is 11.2. The normalized spacial score (nSPS) is 27.9. The van der Waals surface area contributed by atoms with Crippen LogP contribution in [0.4, 0.5) is 9.59 Å². The second kappa shape index (κ2) is 12.1. The molecule has 0 saturated heterocycles. The molecule has 1 aliphatic rings. The Labute approximate surface area is 197 Å². The Hall–Kier alpha value is -2.46. The highest BCUT2D eigenvalue weighted by atomic mass is 16.6. The van der Waals surface area contributed by atoms with Crippen LogP contribution in [0.3, 0.4) is 0 Å². The SMILES string of the molecule is CC(C)N[C@]1(C)CN(C)C(=O)OC/C=C/COC(=O)N(C)C[C@](C)(C(=O)C(C)C)NCC1=O. The van der Waals surface area contributed by atoms with E-state index in [0.29, 0.717) is 0 Å². The van der Waals surface area contributed by atoms with Crippen LogP contribution in [0.1, 0.15) is 41.5 Å². The molecule has 10 heteroatoms. The van der Waals surface area contributed by atoms with Crippen molar-refractivity contribution in [1.29, 1.82) is 0 Å². The molecule has 0 aromatic heterocycles. The summed E-state index contributed by atoms with van der Waals surface area (Å²) in [6.45, 7) is 10.7. The molecule has 0 spiro atoms. The maximum Gasteiger partial charge on any atom is 0.409 e. The van der Waals surface area contributed by atoms with Gasteiger partial charge in [0.1, 0.15) is 13.2 Å². The number of ketones is 2. The van der Waals surface area contributed by atoms with Crippen molar-refractivity contribution in [3.8, 4) is 0 Å². The fourth-order valence-corrected chi connectivity index (χ4v) is 3.85. The number of likely N-dealkylation sites (N-methyl/N-ethyl adjacent to an activating group) is 2. The molecule has 2 amide bonds. The summed E-state index contributed by atoms with van der Waals surface area (Å²) < 4.78 is 10.4. The Morgan fingerprint density at radius 2 is 1.45 bits per heavy atom. The van der Waals surface area contributed by atoms with Crippen LogP contribution in [-0.4, -0.2) is 97.6 Å². The van der Waals surface area contributed by atoms with Gasteiger partial charge in [0, 0.05) is 39.1 Å². The summed E-state index contributed by atoms with van der Waals surface area (Å²) in [6.07, 6.45) is 1.95. The average Bonchev–Trinajstić information content (AvgIpc) is 2.71. The number of hydrogen-bond donors (Lipinski definition) is 2. The van der Waals surface area contributed by atoms with Crippen LogP contribution in [0, 0.1) is 5.92 Å². The van der Waals surface area contributed by atoms with Gasteiger partial charge in [-0.2, -0.15) is 0 Å². The van der Waals surface area contributed by atoms with Gasteiger partial charge in [-0.25, -0.2) is 9.59 Å². The highest BCUT2D eigenvalue weighted by molar-refractivity contribution is 5.93. The number of carbonyl (C=O) groups is 4. The minimum absolute atomic E-state index is 0.00134. The number of carbonyl (C=O) groups excluding carboxylic acids is 4. The van der Waals surface area contributed by atoms with E-state index in [0.717, 1.165) is 0 Å². The van der Waals surface area contributed by atoms with Crippen molar-refractivity contribution in [2.75, 3.05) is 46.9 Å². The molecule has 2 N–H and O–H groups in total. The second-order valence-electron chi connectivity index (χ2n) is 9.60. The first-order valence-electron chi connectivity index (χ1n) is 11.2. The third-order valence-corrected chi connectivity index (χ3v) is 5.43. The predicted molar refractivity (Wildman–Crippen MR) is 125 cm³/mol. The highest BCUT2D eigenvalue weighted by Crippen LogP contribution is 2.17. The van der Waals surface area contributed by atoms with Gasteiger partial charge in [-0.3, -0.25) is 14.9 Å². The molecule has 0 aliphatic carbocycles. The summed E-state index contributed by atoms with van der Waals surface area (Å²) >= 11 is 0. The number of nitrogens with one attached hydrogen (secondary N) is 2. The van der Waals surface area contributed by atoms with E-state index in [9.17, 15) is 19.2 Å². The number of amides is 2. The van der Waals surface area contributed by atoms with Crippen LogP contribution in [0.2, 0.25) is 0 Å². The van der Waals surface area contributed by atoms with Crippen molar-refractivity contribution in [2.45, 2.75) is 58.7 Å². The molecule has 10 nitrogen and oxygen atoms in total. The molecule has 0 saturated carbocycles. The molecule has 0 aromatic rings. The molecule has 33 heavy (non-hydrogen) atoms. The predicted octanol–water partition coefficient (Wildman–Crippen LogP) is 1.59. The van der Waals surface area contributed by atoms with Crippen LogP contribution >= 0.6 is 0 Å². The van der Waals surface area contributed by atoms with Gasteiger partial charge in [0.2, 0.25) is 0 Å². The van der Waals surface area contributed by atoms with Crippen LogP contribution < -0.4 is 10.6 Å².